The highest BCUT2D eigenvalue weighted by molar-refractivity contribution is 6.00. The number of amides is 1. The van der Waals surface area contributed by atoms with Gasteiger partial charge >= 0.3 is 6.09 Å². The van der Waals surface area contributed by atoms with Gasteiger partial charge in [0.25, 0.3) is 0 Å². The van der Waals surface area contributed by atoms with Crippen LogP contribution in [0.5, 0.6) is 5.75 Å². The van der Waals surface area contributed by atoms with Gasteiger partial charge in [-0.25, -0.2) is 4.79 Å². The molecule has 3 atom stereocenters. The molecule has 1 aliphatic heterocycles. The van der Waals surface area contributed by atoms with Gasteiger partial charge < -0.3 is 15.2 Å². The van der Waals surface area contributed by atoms with Crippen LogP contribution in [-0.2, 0) is 4.74 Å². The average molecular weight is 375 g/mol. The predicted molar refractivity (Wildman–Crippen MR) is 107 cm³/mol. The van der Waals surface area contributed by atoms with Crippen LogP contribution in [0.2, 0.25) is 0 Å². The average Bonchev–Trinajstić information content (AvgIpc) is 2.71. The third kappa shape index (κ3) is 3.31. The number of carbonyl (C=O) groups is 2. The summed E-state index contributed by atoms with van der Waals surface area (Å²) >= 11 is 0. The fraction of sp³-hybridized carbons (Fsp3) is 0.217. The van der Waals surface area contributed by atoms with Crippen LogP contribution in [0, 0.1) is 0 Å². The van der Waals surface area contributed by atoms with E-state index in [1.54, 1.807) is 18.2 Å². The van der Waals surface area contributed by atoms with Crippen LogP contribution in [0.25, 0.3) is 10.8 Å². The molecular weight excluding hydrogens is 354 g/mol. The van der Waals surface area contributed by atoms with Gasteiger partial charge in [-0.1, -0.05) is 61.5 Å². The summed E-state index contributed by atoms with van der Waals surface area (Å²) in [4.78, 5) is 24.2. The lowest BCUT2D eigenvalue weighted by Crippen LogP contribution is -2.44. The monoisotopic (exact) mass is 375 g/mol. The highest BCUT2D eigenvalue weighted by atomic mass is 16.6. The molecule has 3 aromatic carbocycles. The first-order chi connectivity index (χ1) is 13.5. The highest BCUT2D eigenvalue weighted by Gasteiger charge is 2.38. The molecule has 0 saturated carbocycles. The first kappa shape index (κ1) is 18.0. The van der Waals surface area contributed by atoms with E-state index in [9.17, 15) is 9.59 Å². The number of ether oxygens (including phenoxy) is 2. The molecule has 1 amide bonds. The maximum absolute atomic E-state index is 12.6. The minimum Gasteiger partial charge on any atom is -0.485 e. The first-order valence-electron chi connectivity index (χ1n) is 9.27. The molecule has 3 aromatic rings. The van der Waals surface area contributed by atoms with E-state index in [2.05, 4.69) is 0 Å². The Balaban J connectivity index is 1.72. The molecule has 5 heteroatoms. The third-order valence-electron chi connectivity index (χ3n) is 5.28. The van der Waals surface area contributed by atoms with Crippen molar-refractivity contribution in [2.75, 3.05) is 0 Å². The largest absolute Gasteiger partial charge is 0.485 e. The zero-order chi connectivity index (χ0) is 19.7. The SMILES string of the molecule is C[C@H](c1cccc2ccccc12)C(OC(N)=O)[C@H]1CC(=O)c2ccccc2O1. The second-order valence-corrected chi connectivity index (χ2v) is 7.04. The number of primary amides is 1. The minimum absolute atomic E-state index is 0.0324. The second-order valence-electron chi connectivity index (χ2n) is 7.04. The van der Waals surface area contributed by atoms with Gasteiger partial charge in [0.15, 0.2) is 5.78 Å². The molecule has 1 unspecified atom stereocenters. The number of para-hydroxylation sites is 1. The van der Waals surface area contributed by atoms with Crippen LogP contribution >= 0.6 is 0 Å². The predicted octanol–water partition coefficient (Wildman–Crippen LogP) is 4.44. The summed E-state index contributed by atoms with van der Waals surface area (Å²) in [6.07, 6.45) is -2.05. The number of hydrogen-bond donors (Lipinski definition) is 1. The molecule has 142 valence electrons. The molecule has 4 rings (SSSR count). The zero-order valence-electron chi connectivity index (χ0n) is 15.5. The van der Waals surface area contributed by atoms with Crippen LogP contribution < -0.4 is 10.5 Å². The summed E-state index contributed by atoms with van der Waals surface area (Å²) in [5, 5.41) is 2.16. The number of benzene rings is 3. The van der Waals surface area contributed by atoms with Crippen molar-refractivity contribution in [3.63, 3.8) is 0 Å². The number of Topliss-reactive ketones (excluding diaryl/α,β-unsaturated/α-hetero) is 1. The van der Waals surface area contributed by atoms with Crippen molar-refractivity contribution in [2.45, 2.75) is 31.5 Å². The van der Waals surface area contributed by atoms with Crippen molar-refractivity contribution in [3.8, 4) is 5.75 Å². The van der Waals surface area contributed by atoms with E-state index in [0.717, 1.165) is 16.3 Å². The molecule has 0 radical (unpaired) electrons. The Bertz CT molecular complexity index is 1040. The van der Waals surface area contributed by atoms with E-state index < -0.39 is 18.3 Å². The molecule has 0 spiro atoms. The lowest BCUT2D eigenvalue weighted by molar-refractivity contribution is 0.000638. The van der Waals surface area contributed by atoms with E-state index in [-0.39, 0.29) is 18.1 Å². The van der Waals surface area contributed by atoms with Crippen LogP contribution in [0.4, 0.5) is 4.79 Å². The summed E-state index contributed by atoms with van der Waals surface area (Å²) in [6, 6.07) is 21.1. The van der Waals surface area contributed by atoms with Crippen molar-refractivity contribution in [1.29, 1.82) is 0 Å². The highest BCUT2D eigenvalue weighted by Crippen LogP contribution is 2.35. The maximum Gasteiger partial charge on any atom is 0.404 e. The summed E-state index contributed by atoms with van der Waals surface area (Å²) in [6.45, 7) is 1.96. The molecule has 0 aromatic heterocycles. The van der Waals surface area contributed by atoms with Crippen molar-refractivity contribution in [2.24, 2.45) is 5.73 Å². The molecule has 5 nitrogen and oxygen atoms in total. The Kier molecular flexibility index (Phi) is 4.74. The van der Waals surface area contributed by atoms with Gasteiger partial charge in [-0.05, 0) is 28.5 Å². The van der Waals surface area contributed by atoms with Crippen LogP contribution in [0.1, 0.15) is 35.2 Å². The van der Waals surface area contributed by atoms with Crippen LogP contribution in [0.15, 0.2) is 66.7 Å². The topological polar surface area (TPSA) is 78.6 Å². The molecule has 0 bridgehead atoms. The van der Waals surface area contributed by atoms with Gasteiger partial charge in [0, 0.05) is 5.92 Å². The molecule has 1 aliphatic rings. The lowest BCUT2D eigenvalue weighted by Gasteiger charge is -2.34. The van der Waals surface area contributed by atoms with Crippen molar-refractivity contribution < 1.29 is 19.1 Å². The van der Waals surface area contributed by atoms with Gasteiger partial charge in [0.2, 0.25) is 0 Å². The number of hydrogen-bond acceptors (Lipinski definition) is 4. The van der Waals surface area contributed by atoms with Gasteiger partial charge in [-0.15, -0.1) is 0 Å². The normalized spacial score (nSPS) is 18.0. The van der Waals surface area contributed by atoms with Gasteiger partial charge in [-0.3, -0.25) is 4.79 Å². The Labute approximate surface area is 163 Å². The van der Waals surface area contributed by atoms with E-state index in [0.29, 0.717) is 11.3 Å². The minimum atomic E-state index is -0.882. The van der Waals surface area contributed by atoms with Crippen LogP contribution in [-0.4, -0.2) is 24.1 Å². The van der Waals surface area contributed by atoms with Gasteiger partial charge in [0.1, 0.15) is 18.0 Å². The Morgan fingerprint density at radius 1 is 1.07 bits per heavy atom. The lowest BCUT2D eigenvalue weighted by atomic mass is 9.85. The number of fused-ring (bicyclic) bond motifs is 2. The Morgan fingerprint density at radius 2 is 1.79 bits per heavy atom. The standard InChI is InChI=1S/C23H21NO4/c1-14(16-11-6-8-15-7-2-3-9-17(15)16)22(28-23(24)26)21-13-19(25)18-10-4-5-12-20(18)27-21/h2-12,14,21-22H,13H2,1H3,(H2,24,26)/t14-,21-,22?/m1/s1. The van der Waals surface area contributed by atoms with Crippen molar-refractivity contribution in [3.05, 3.63) is 77.9 Å². The molecule has 0 aliphatic carbocycles. The molecule has 0 fully saturated rings. The van der Waals surface area contributed by atoms with Crippen molar-refractivity contribution >= 4 is 22.6 Å². The Morgan fingerprint density at radius 3 is 2.61 bits per heavy atom. The van der Waals surface area contributed by atoms with Gasteiger partial charge in [0.05, 0.1) is 12.0 Å². The summed E-state index contributed by atoms with van der Waals surface area (Å²) in [5.74, 6) is 0.253. The van der Waals surface area contributed by atoms with E-state index >= 15 is 0 Å². The van der Waals surface area contributed by atoms with E-state index in [1.807, 2.05) is 55.5 Å². The summed E-state index contributed by atoms with van der Waals surface area (Å²) < 4.78 is 11.5. The Hall–Kier alpha value is -3.34. The number of carbonyl (C=O) groups excluding carboxylic acids is 2. The smallest absolute Gasteiger partial charge is 0.404 e. The molecule has 2 N–H and O–H groups in total. The van der Waals surface area contributed by atoms with E-state index in [1.165, 1.54) is 0 Å². The molecule has 0 saturated heterocycles. The van der Waals surface area contributed by atoms with E-state index in [4.69, 9.17) is 15.2 Å². The fourth-order valence-electron chi connectivity index (χ4n) is 3.94. The molecule has 1 heterocycles. The zero-order valence-corrected chi connectivity index (χ0v) is 15.5. The number of rotatable bonds is 4. The third-order valence-corrected chi connectivity index (χ3v) is 5.28. The molecular formula is C23H21NO4. The first-order valence-corrected chi connectivity index (χ1v) is 9.27. The molecule has 28 heavy (non-hydrogen) atoms. The second kappa shape index (κ2) is 7.35. The van der Waals surface area contributed by atoms with Crippen LogP contribution in [0.3, 0.4) is 0 Å². The number of ketones is 1. The summed E-state index contributed by atoms with van der Waals surface area (Å²) in [5.41, 5.74) is 6.92. The quantitative estimate of drug-likeness (QED) is 0.731. The van der Waals surface area contributed by atoms with Crippen molar-refractivity contribution in [1.82, 2.24) is 0 Å². The maximum atomic E-state index is 12.6. The fourth-order valence-corrected chi connectivity index (χ4v) is 3.94. The summed E-state index contributed by atoms with van der Waals surface area (Å²) in [7, 11) is 0. The number of nitrogens with two attached hydrogens (primary N) is 1. The van der Waals surface area contributed by atoms with Gasteiger partial charge in [-0.2, -0.15) is 0 Å².